The second-order valence-corrected chi connectivity index (χ2v) is 7.14. The van der Waals surface area contributed by atoms with Crippen LogP contribution in [0.2, 0.25) is 0 Å². The second kappa shape index (κ2) is 7.12. The third kappa shape index (κ3) is 3.42. The van der Waals surface area contributed by atoms with Crippen LogP contribution in [0.3, 0.4) is 0 Å². The number of fused-ring (bicyclic) bond motifs is 1. The Morgan fingerprint density at radius 3 is 2.75 bits per heavy atom. The maximum atomic E-state index is 12.5. The molecule has 0 aromatic heterocycles. The number of hydrogen-bond acceptors (Lipinski definition) is 2. The van der Waals surface area contributed by atoms with E-state index in [1.165, 1.54) is 16.3 Å². The lowest BCUT2D eigenvalue weighted by molar-refractivity contribution is -0.123. The van der Waals surface area contributed by atoms with Crippen LogP contribution in [0.5, 0.6) is 0 Å². The SMILES string of the molecule is CC1CNCCC1NC(=O)C1CC1c1ccc2ccccc2c1.Cl. The summed E-state index contributed by atoms with van der Waals surface area (Å²) in [6.45, 7) is 4.22. The van der Waals surface area contributed by atoms with Gasteiger partial charge in [0.05, 0.1) is 0 Å². The third-order valence-corrected chi connectivity index (χ3v) is 5.44. The minimum atomic E-state index is 0. The average Bonchev–Trinajstić information content (AvgIpc) is 3.37. The van der Waals surface area contributed by atoms with Gasteiger partial charge in [0, 0.05) is 12.0 Å². The molecule has 2 aliphatic rings. The lowest BCUT2D eigenvalue weighted by Crippen LogP contribution is -2.48. The van der Waals surface area contributed by atoms with Gasteiger partial charge >= 0.3 is 0 Å². The van der Waals surface area contributed by atoms with Crippen molar-refractivity contribution >= 4 is 29.1 Å². The molecule has 128 valence electrons. The van der Waals surface area contributed by atoms with Gasteiger partial charge in [-0.15, -0.1) is 12.4 Å². The Morgan fingerprint density at radius 1 is 1.17 bits per heavy atom. The summed E-state index contributed by atoms with van der Waals surface area (Å²) in [5.41, 5.74) is 1.31. The summed E-state index contributed by atoms with van der Waals surface area (Å²) >= 11 is 0. The summed E-state index contributed by atoms with van der Waals surface area (Å²) in [5.74, 6) is 1.34. The number of carbonyl (C=O) groups excluding carboxylic acids is 1. The van der Waals surface area contributed by atoms with Crippen LogP contribution >= 0.6 is 12.4 Å². The Kier molecular flexibility index (Phi) is 5.12. The summed E-state index contributed by atoms with van der Waals surface area (Å²) in [6, 6.07) is 15.4. The zero-order valence-corrected chi connectivity index (χ0v) is 14.8. The van der Waals surface area contributed by atoms with E-state index in [1.54, 1.807) is 0 Å². The molecule has 1 saturated carbocycles. The highest BCUT2D eigenvalue weighted by Crippen LogP contribution is 2.48. The number of nitrogens with one attached hydrogen (secondary N) is 2. The molecule has 4 rings (SSSR count). The van der Waals surface area contributed by atoms with Crippen LogP contribution in [-0.2, 0) is 4.79 Å². The van der Waals surface area contributed by atoms with Crippen molar-refractivity contribution in [1.29, 1.82) is 0 Å². The normalized spacial score (nSPS) is 28.9. The van der Waals surface area contributed by atoms with E-state index in [2.05, 4.69) is 60.0 Å². The molecule has 4 atom stereocenters. The van der Waals surface area contributed by atoms with Gasteiger partial charge < -0.3 is 10.6 Å². The Hall–Kier alpha value is -1.58. The molecule has 2 N–H and O–H groups in total. The summed E-state index contributed by atoms with van der Waals surface area (Å²) in [4.78, 5) is 12.5. The molecule has 0 bridgehead atoms. The Labute approximate surface area is 149 Å². The molecule has 1 amide bonds. The highest BCUT2D eigenvalue weighted by molar-refractivity contribution is 5.86. The van der Waals surface area contributed by atoms with E-state index in [9.17, 15) is 4.79 Å². The quantitative estimate of drug-likeness (QED) is 0.895. The largest absolute Gasteiger partial charge is 0.353 e. The topological polar surface area (TPSA) is 41.1 Å². The van der Waals surface area contributed by atoms with Crippen LogP contribution in [0.25, 0.3) is 10.8 Å². The number of halogens is 1. The molecule has 4 heteroatoms. The molecular formula is C20H25ClN2O. The number of rotatable bonds is 3. The van der Waals surface area contributed by atoms with Crippen LogP contribution in [0, 0.1) is 11.8 Å². The Bertz CT molecular complexity index is 732. The van der Waals surface area contributed by atoms with Crippen molar-refractivity contribution < 1.29 is 4.79 Å². The van der Waals surface area contributed by atoms with Crippen molar-refractivity contribution in [2.75, 3.05) is 13.1 Å². The van der Waals surface area contributed by atoms with E-state index in [-0.39, 0.29) is 24.2 Å². The van der Waals surface area contributed by atoms with E-state index in [1.807, 2.05) is 0 Å². The van der Waals surface area contributed by atoms with Gasteiger partial charge in [0.25, 0.3) is 0 Å². The fourth-order valence-corrected chi connectivity index (χ4v) is 3.81. The van der Waals surface area contributed by atoms with E-state index >= 15 is 0 Å². The molecule has 1 heterocycles. The zero-order chi connectivity index (χ0) is 15.8. The van der Waals surface area contributed by atoms with Crippen molar-refractivity contribution in [2.45, 2.75) is 31.7 Å². The number of amides is 1. The lowest BCUT2D eigenvalue weighted by Gasteiger charge is -2.30. The first-order chi connectivity index (χ1) is 11.2. The van der Waals surface area contributed by atoms with Gasteiger partial charge in [0.2, 0.25) is 5.91 Å². The minimum absolute atomic E-state index is 0. The maximum Gasteiger partial charge on any atom is 0.223 e. The summed E-state index contributed by atoms with van der Waals surface area (Å²) < 4.78 is 0. The van der Waals surface area contributed by atoms with Gasteiger partial charge in [-0.2, -0.15) is 0 Å². The van der Waals surface area contributed by atoms with Crippen LogP contribution in [0.1, 0.15) is 31.2 Å². The van der Waals surface area contributed by atoms with Crippen molar-refractivity contribution in [3.05, 3.63) is 48.0 Å². The minimum Gasteiger partial charge on any atom is -0.353 e. The van der Waals surface area contributed by atoms with Gasteiger partial charge in [0.1, 0.15) is 0 Å². The lowest BCUT2D eigenvalue weighted by atomic mass is 9.95. The van der Waals surface area contributed by atoms with Gasteiger partial charge in [-0.1, -0.05) is 49.4 Å². The monoisotopic (exact) mass is 344 g/mol. The van der Waals surface area contributed by atoms with E-state index in [0.29, 0.717) is 17.9 Å². The zero-order valence-electron chi connectivity index (χ0n) is 14.0. The van der Waals surface area contributed by atoms with Crippen molar-refractivity contribution in [3.8, 4) is 0 Å². The molecule has 1 aliphatic carbocycles. The van der Waals surface area contributed by atoms with Gasteiger partial charge in [-0.05, 0) is 54.1 Å². The predicted molar refractivity (Wildman–Crippen MR) is 101 cm³/mol. The first-order valence-corrected chi connectivity index (χ1v) is 8.72. The maximum absolute atomic E-state index is 12.5. The van der Waals surface area contributed by atoms with Crippen LogP contribution in [0.4, 0.5) is 0 Å². The fourth-order valence-electron chi connectivity index (χ4n) is 3.81. The summed E-state index contributed by atoms with van der Waals surface area (Å²) in [5, 5.41) is 9.20. The van der Waals surface area contributed by atoms with E-state index in [0.717, 1.165) is 25.9 Å². The molecule has 1 saturated heterocycles. The van der Waals surface area contributed by atoms with Crippen molar-refractivity contribution in [3.63, 3.8) is 0 Å². The molecule has 1 aliphatic heterocycles. The molecule has 24 heavy (non-hydrogen) atoms. The number of piperidine rings is 1. The molecule has 0 spiro atoms. The second-order valence-electron chi connectivity index (χ2n) is 7.14. The first kappa shape index (κ1) is 17.2. The molecule has 2 aromatic rings. The third-order valence-electron chi connectivity index (χ3n) is 5.44. The number of carbonyl (C=O) groups is 1. The molecule has 0 radical (unpaired) electrons. The summed E-state index contributed by atoms with van der Waals surface area (Å²) in [6.07, 6.45) is 2.03. The van der Waals surface area contributed by atoms with Crippen molar-refractivity contribution in [2.24, 2.45) is 11.8 Å². The molecular weight excluding hydrogens is 320 g/mol. The molecule has 2 fully saturated rings. The number of hydrogen-bond donors (Lipinski definition) is 2. The average molecular weight is 345 g/mol. The van der Waals surface area contributed by atoms with E-state index < -0.39 is 0 Å². The fraction of sp³-hybridized carbons (Fsp3) is 0.450. The summed E-state index contributed by atoms with van der Waals surface area (Å²) in [7, 11) is 0. The van der Waals surface area contributed by atoms with Crippen LogP contribution in [0.15, 0.2) is 42.5 Å². The van der Waals surface area contributed by atoms with Crippen LogP contribution < -0.4 is 10.6 Å². The van der Waals surface area contributed by atoms with Crippen molar-refractivity contribution in [1.82, 2.24) is 10.6 Å². The smallest absolute Gasteiger partial charge is 0.223 e. The highest BCUT2D eigenvalue weighted by Gasteiger charge is 2.44. The Morgan fingerprint density at radius 2 is 1.96 bits per heavy atom. The van der Waals surface area contributed by atoms with E-state index in [4.69, 9.17) is 0 Å². The predicted octanol–water partition coefficient (Wildman–Crippen LogP) is 3.48. The van der Waals surface area contributed by atoms with Gasteiger partial charge in [-0.3, -0.25) is 4.79 Å². The van der Waals surface area contributed by atoms with Gasteiger partial charge in [0.15, 0.2) is 0 Å². The highest BCUT2D eigenvalue weighted by atomic mass is 35.5. The van der Waals surface area contributed by atoms with Gasteiger partial charge in [-0.25, -0.2) is 0 Å². The Balaban J connectivity index is 0.00000169. The molecule has 2 aromatic carbocycles. The van der Waals surface area contributed by atoms with Crippen LogP contribution in [-0.4, -0.2) is 25.0 Å². The molecule has 3 nitrogen and oxygen atoms in total. The standard InChI is InChI=1S/C20H24N2O.ClH/c1-13-12-21-9-8-19(13)22-20(23)18-11-17(18)16-7-6-14-4-2-3-5-15(14)10-16;/h2-7,10,13,17-19,21H,8-9,11-12H2,1H3,(H,22,23);1H. The first-order valence-electron chi connectivity index (χ1n) is 8.72. The number of benzene rings is 2. The molecule has 4 unspecified atom stereocenters.